The van der Waals surface area contributed by atoms with Crippen molar-refractivity contribution in [1.82, 2.24) is 0 Å². The van der Waals surface area contributed by atoms with Gasteiger partial charge in [-0.25, -0.2) is 0 Å². The van der Waals surface area contributed by atoms with Crippen molar-refractivity contribution in [1.29, 1.82) is 0 Å². The van der Waals surface area contributed by atoms with Crippen molar-refractivity contribution in [2.24, 2.45) is 0 Å². The van der Waals surface area contributed by atoms with Crippen molar-refractivity contribution >= 4 is 11.6 Å². The van der Waals surface area contributed by atoms with E-state index in [0.29, 0.717) is 37.2 Å². The van der Waals surface area contributed by atoms with Crippen molar-refractivity contribution < 1.29 is 29.3 Å². The lowest BCUT2D eigenvalue weighted by atomic mass is 9.79. The van der Waals surface area contributed by atoms with Gasteiger partial charge in [0, 0.05) is 25.7 Å². The quantitative estimate of drug-likeness (QED) is 0.179. The first-order valence-corrected chi connectivity index (χ1v) is 20.0. The number of ketones is 2. The van der Waals surface area contributed by atoms with E-state index >= 15 is 0 Å². The number of aromatic hydroxyl groups is 2. The third-order valence-electron chi connectivity index (χ3n) is 10.8. The van der Waals surface area contributed by atoms with E-state index in [9.17, 15) is 19.8 Å². The van der Waals surface area contributed by atoms with Gasteiger partial charge in [-0.3, -0.25) is 9.59 Å². The lowest BCUT2D eigenvalue weighted by molar-refractivity contribution is -0.119. The summed E-state index contributed by atoms with van der Waals surface area (Å²) in [4.78, 5) is 24.9. The third kappa shape index (κ3) is 9.68. The van der Waals surface area contributed by atoms with Crippen molar-refractivity contribution in [3.63, 3.8) is 0 Å². The number of fused-ring (bicyclic) bond motifs is 8. The minimum atomic E-state index is -0.234. The van der Waals surface area contributed by atoms with E-state index in [4.69, 9.17) is 9.47 Å². The molecule has 0 heterocycles. The zero-order valence-electron chi connectivity index (χ0n) is 36.4. The number of ether oxygens (including phenoxy) is 2. The first-order chi connectivity index (χ1) is 25.7. The third-order valence-corrected chi connectivity index (χ3v) is 10.8. The van der Waals surface area contributed by atoms with E-state index in [1.807, 2.05) is 0 Å². The Morgan fingerprint density at radius 3 is 0.804 bits per heavy atom. The van der Waals surface area contributed by atoms with E-state index in [1.54, 1.807) is 0 Å². The van der Waals surface area contributed by atoms with Gasteiger partial charge >= 0.3 is 0 Å². The van der Waals surface area contributed by atoms with Gasteiger partial charge in [0.25, 0.3) is 0 Å². The summed E-state index contributed by atoms with van der Waals surface area (Å²) >= 11 is 0. The van der Waals surface area contributed by atoms with Crippen molar-refractivity contribution in [3.8, 4) is 23.0 Å². The number of phenolic OH excluding ortho intramolecular Hbond substituents is 2. The summed E-state index contributed by atoms with van der Waals surface area (Å²) in [7, 11) is 0. The number of phenols is 2. The zero-order valence-corrected chi connectivity index (χ0v) is 36.4. The van der Waals surface area contributed by atoms with Gasteiger partial charge in [-0.2, -0.15) is 0 Å². The molecule has 56 heavy (non-hydrogen) atoms. The number of Topliss-reactive ketones (excluding diaryl/α,β-unsaturated/α-hetero) is 2. The predicted molar refractivity (Wildman–Crippen MR) is 227 cm³/mol. The Morgan fingerprint density at radius 2 is 0.625 bits per heavy atom. The van der Waals surface area contributed by atoms with Crippen LogP contribution in [0.4, 0.5) is 0 Å². The molecule has 0 fully saturated rings. The summed E-state index contributed by atoms with van der Waals surface area (Å²) in [5.41, 5.74) is 9.87. The number of benzene rings is 4. The fourth-order valence-corrected chi connectivity index (χ4v) is 7.36. The molecule has 0 aliphatic heterocycles. The standard InChI is InChI=1S/C50H64O6/c1-29(51)27-55-45-35-15-31-19-39(47(3,4)5)21-33(43(31)53)17-37-25-42(50(12,13)14)26-38(46(37)56-28-30(2)52)18-34-22-40(48(6,7)8)20-32(44(34)54)16-36(45)24-41(23-35)49(9,10)11/h19-26,53-54H,15-18,27-28H2,1-14H3. The normalized spacial score (nSPS) is 13.7. The van der Waals surface area contributed by atoms with Crippen LogP contribution in [-0.4, -0.2) is 35.0 Å². The first-order valence-electron chi connectivity index (χ1n) is 20.0. The van der Waals surface area contributed by atoms with Crippen LogP contribution in [0.15, 0.2) is 48.5 Å². The zero-order chi connectivity index (χ0) is 41.7. The maximum Gasteiger partial charge on any atom is 0.167 e. The summed E-state index contributed by atoms with van der Waals surface area (Å²) in [5, 5.41) is 24.6. The van der Waals surface area contributed by atoms with E-state index in [-0.39, 0.29) is 57.9 Å². The van der Waals surface area contributed by atoms with Gasteiger partial charge in [0.1, 0.15) is 36.2 Å². The molecule has 0 atom stereocenters. The molecule has 4 aromatic rings. The SMILES string of the molecule is CC(=O)COc1c2cc(C(C)(C)C)cc1Cc1cc(C(C)(C)C)cc(c1O)Cc1cc(C(C)(C)C)cc(c1OCC(C)=O)Cc1cc(C(C)(C)C)cc(c1O)C2. The minimum Gasteiger partial charge on any atom is -0.507 e. The molecule has 6 heteroatoms. The van der Waals surface area contributed by atoms with E-state index in [2.05, 4.69) is 132 Å². The molecule has 1 aliphatic rings. The highest BCUT2D eigenvalue weighted by Crippen LogP contribution is 2.43. The summed E-state index contributed by atoms with van der Waals surface area (Å²) in [6.07, 6.45) is 1.42. The monoisotopic (exact) mass is 760 g/mol. The Kier molecular flexibility index (Phi) is 11.7. The minimum absolute atomic E-state index is 0.0952. The van der Waals surface area contributed by atoms with Crippen LogP contribution in [0.2, 0.25) is 0 Å². The fourth-order valence-electron chi connectivity index (χ4n) is 7.36. The van der Waals surface area contributed by atoms with E-state index in [0.717, 1.165) is 66.8 Å². The fraction of sp³-hybridized carbons (Fsp3) is 0.480. The van der Waals surface area contributed by atoms with Gasteiger partial charge in [0.05, 0.1) is 0 Å². The van der Waals surface area contributed by atoms with Crippen LogP contribution in [0.5, 0.6) is 23.0 Å². The van der Waals surface area contributed by atoms with Gasteiger partial charge in [0.15, 0.2) is 11.6 Å². The molecule has 0 saturated carbocycles. The number of hydrogen-bond donors (Lipinski definition) is 2. The number of rotatable bonds is 6. The molecule has 0 unspecified atom stereocenters. The highest BCUT2D eigenvalue weighted by atomic mass is 16.5. The summed E-state index contributed by atoms with van der Waals surface area (Å²) in [6.45, 7) is 28.9. The van der Waals surface area contributed by atoms with Crippen molar-refractivity contribution in [2.75, 3.05) is 13.2 Å². The molecule has 0 amide bonds. The highest BCUT2D eigenvalue weighted by Gasteiger charge is 2.28. The molecule has 5 rings (SSSR count). The molecule has 4 aromatic carbocycles. The average Bonchev–Trinajstić information content (AvgIpc) is 3.04. The van der Waals surface area contributed by atoms with Gasteiger partial charge < -0.3 is 19.7 Å². The molecule has 8 bridgehead atoms. The first kappa shape index (κ1) is 42.6. The lowest BCUT2D eigenvalue weighted by Gasteiger charge is -2.28. The van der Waals surface area contributed by atoms with Crippen LogP contribution in [-0.2, 0) is 56.9 Å². The molecule has 1 aliphatic carbocycles. The number of carbonyl (C=O) groups excluding carboxylic acids is 2. The average molecular weight is 761 g/mol. The maximum absolute atomic E-state index is 12.4. The molecule has 0 aromatic heterocycles. The smallest absolute Gasteiger partial charge is 0.167 e. The molecule has 0 radical (unpaired) electrons. The molecule has 2 N–H and O–H groups in total. The van der Waals surface area contributed by atoms with E-state index in [1.165, 1.54) is 13.8 Å². The Balaban J connectivity index is 1.96. The number of hydrogen-bond acceptors (Lipinski definition) is 6. The van der Waals surface area contributed by atoms with E-state index < -0.39 is 0 Å². The molecule has 0 spiro atoms. The lowest BCUT2D eigenvalue weighted by Crippen LogP contribution is -2.17. The highest BCUT2D eigenvalue weighted by molar-refractivity contribution is 5.77. The van der Waals surface area contributed by atoms with Crippen LogP contribution in [0.3, 0.4) is 0 Å². The summed E-state index contributed by atoms with van der Waals surface area (Å²) in [5.74, 6) is 1.41. The van der Waals surface area contributed by atoms with Crippen LogP contribution in [0.25, 0.3) is 0 Å². The van der Waals surface area contributed by atoms with Crippen LogP contribution in [0, 0.1) is 0 Å². The Labute approximate surface area is 335 Å². The Hall–Kier alpha value is -4.58. The topological polar surface area (TPSA) is 93.1 Å². The molecule has 300 valence electrons. The Bertz CT molecular complexity index is 1910. The largest absolute Gasteiger partial charge is 0.507 e. The van der Waals surface area contributed by atoms with Gasteiger partial charge in [-0.15, -0.1) is 0 Å². The summed E-state index contributed by atoms with van der Waals surface area (Å²) in [6, 6.07) is 17.0. The molecule has 6 nitrogen and oxygen atoms in total. The maximum atomic E-state index is 12.4. The second-order valence-electron chi connectivity index (χ2n) is 20.2. The van der Waals surface area contributed by atoms with Crippen LogP contribution < -0.4 is 9.47 Å². The van der Waals surface area contributed by atoms with Crippen molar-refractivity contribution in [2.45, 2.75) is 144 Å². The van der Waals surface area contributed by atoms with Gasteiger partial charge in [0.2, 0.25) is 0 Å². The second-order valence-corrected chi connectivity index (χ2v) is 20.2. The van der Waals surface area contributed by atoms with Gasteiger partial charge in [-0.05, 0) is 102 Å². The summed E-state index contributed by atoms with van der Waals surface area (Å²) < 4.78 is 12.9. The molecular formula is C50H64O6. The molecular weight excluding hydrogens is 697 g/mol. The molecule has 0 saturated heterocycles. The number of carbonyl (C=O) groups is 2. The van der Waals surface area contributed by atoms with Crippen molar-refractivity contribution in [3.05, 3.63) is 115 Å². The van der Waals surface area contributed by atoms with Crippen LogP contribution >= 0.6 is 0 Å². The van der Waals surface area contributed by atoms with Gasteiger partial charge in [-0.1, -0.05) is 132 Å². The predicted octanol–water partition coefficient (Wildman–Crippen LogP) is 10.9. The Morgan fingerprint density at radius 1 is 0.429 bits per heavy atom. The van der Waals surface area contributed by atoms with Crippen LogP contribution in [0.1, 0.15) is 164 Å². The second kappa shape index (κ2) is 15.4.